The Morgan fingerprint density at radius 3 is 2.86 bits per heavy atom. The molecule has 7 nitrogen and oxygen atoms in total. The average Bonchev–Trinajstić information content (AvgIpc) is 2.88. The molecule has 0 radical (unpaired) electrons. The summed E-state index contributed by atoms with van der Waals surface area (Å²) in [5.74, 6) is 0.475. The lowest BCUT2D eigenvalue weighted by Gasteiger charge is -2.11. The summed E-state index contributed by atoms with van der Waals surface area (Å²) in [6, 6.07) is 0. The van der Waals surface area contributed by atoms with Crippen molar-refractivity contribution < 1.29 is 5.11 Å². The van der Waals surface area contributed by atoms with Crippen LogP contribution in [0.15, 0.2) is 59.1 Å². The minimum absolute atomic E-state index is 0.169. The molecule has 1 aromatic rings. The van der Waals surface area contributed by atoms with Crippen LogP contribution in [0.2, 0.25) is 0 Å². The number of rotatable bonds is 6. The van der Waals surface area contributed by atoms with Gasteiger partial charge in [-0.15, -0.1) is 0 Å². The van der Waals surface area contributed by atoms with Crippen molar-refractivity contribution in [2.45, 2.75) is 0 Å². The van der Waals surface area contributed by atoms with Crippen molar-refractivity contribution in [3.05, 3.63) is 49.1 Å². The van der Waals surface area contributed by atoms with Crippen LogP contribution >= 0.6 is 0 Å². The summed E-state index contributed by atoms with van der Waals surface area (Å²) in [6.07, 6.45) is 9.61. The van der Waals surface area contributed by atoms with E-state index in [0.29, 0.717) is 22.9 Å². The number of nitrogens with two attached hydrogens (primary N) is 1. The summed E-state index contributed by atoms with van der Waals surface area (Å²) in [5.41, 5.74) is 7.21. The molecule has 0 aliphatic carbocycles. The van der Waals surface area contributed by atoms with Gasteiger partial charge in [-0.1, -0.05) is 12.7 Å². The molecule has 0 amide bonds. The number of aliphatic imine (C=N–C) groups is 2. The lowest BCUT2D eigenvalue weighted by molar-refractivity contribution is 0.326. The van der Waals surface area contributed by atoms with Crippen molar-refractivity contribution in [1.82, 2.24) is 15.1 Å². The third-order valence-electron chi connectivity index (χ3n) is 2.43. The number of hydrogen-bond donors (Lipinski definition) is 3. The molecule has 1 rings (SSSR count). The van der Waals surface area contributed by atoms with Crippen LogP contribution in [0, 0.1) is 0 Å². The van der Waals surface area contributed by atoms with Crippen LogP contribution < -0.4 is 11.1 Å². The van der Waals surface area contributed by atoms with Crippen LogP contribution in [-0.4, -0.2) is 40.1 Å². The maximum absolute atomic E-state index is 9.28. The van der Waals surface area contributed by atoms with Gasteiger partial charge in [0, 0.05) is 19.8 Å². The van der Waals surface area contributed by atoms with Gasteiger partial charge < -0.3 is 16.2 Å². The highest BCUT2D eigenvalue weighted by Crippen LogP contribution is 2.10. The lowest BCUT2D eigenvalue weighted by atomic mass is 10.3. The number of nitrogens with one attached hydrogen (secondary N) is 1. The SMILES string of the molecule is C=C/C=C(\CO)NC(=NC)C(C=CN)=Nc1cnn(C)c1. The fraction of sp³-hybridized carbons (Fsp3) is 0.214. The zero-order chi connectivity index (χ0) is 15.7. The highest BCUT2D eigenvalue weighted by atomic mass is 16.3. The van der Waals surface area contributed by atoms with E-state index in [0.717, 1.165) is 0 Å². The van der Waals surface area contributed by atoms with Crippen molar-refractivity contribution in [2.24, 2.45) is 22.8 Å². The molecule has 21 heavy (non-hydrogen) atoms. The van der Waals surface area contributed by atoms with Crippen molar-refractivity contribution >= 4 is 17.2 Å². The molecule has 4 N–H and O–H groups in total. The van der Waals surface area contributed by atoms with E-state index >= 15 is 0 Å². The second-order valence-corrected chi connectivity index (χ2v) is 4.01. The van der Waals surface area contributed by atoms with Gasteiger partial charge in [0.1, 0.15) is 11.4 Å². The maximum atomic E-state index is 9.28. The minimum atomic E-state index is -0.169. The summed E-state index contributed by atoms with van der Waals surface area (Å²) in [6.45, 7) is 3.42. The lowest BCUT2D eigenvalue weighted by Crippen LogP contribution is -2.31. The highest BCUT2D eigenvalue weighted by molar-refractivity contribution is 6.46. The first-order valence-electron chi connectivity index (χ1n) is 6.26. The number of hydrogen-bond acceptors (Lipinski definition) is 5. The molecule has 0 spiro atoms. The molecule has 0 bridgehead atoms. The third kappa shape index (κ3) is 5.07. The fourth-order valence-electron chi connectivity index (χ4n) is 1.53. The van der Waals surface area contributed by atoms with E-state index in [9.17, 15) is 5.11 Å². The van der Waals surface area contributed by atoms with Crippen LogP contribution in [0.4, 0.5) is 5.69 Å². The van der Waals surface area contributed by atoms with E-state index in [4.69, 9.17) is 5.73 Å². The second kappa shape index (κ2) is 8.49. The smallest absolute Gasteiger partial charge is 0.151 e. The maximum Gasteiger partial charge on any atom is 0.151 e. The van der Waals surface area contributed by atoms with Gasteiger partial charge in [0.2, 0.25) is 0 Å². The predicted molar refractivity (Wildman–Crippen MR) is 85.5 cm³/mol. The van der Waals surface area contributed by atoms with E-state index in [1.54, 1.807) is 49.4 Å². The summed E-state index contributed by atoms with van der Waals surface area (Å²) < 4.78 is 1.65. The third-order valence-corrected chi connectivity index (χ3v) is 2.43. The van der Waals surface area contributed by atoms with Gasteiger partial charge in [-0.3, -0.25) is 9.67 Å². The molecule has 1 heterocycles. The van der Waals surface area contributed by atoms with E-state index in [-0.39, 0.29) is 6.61 Å². The van der Waals surface area contributed by atoms with Crippen LogP contribution in [0.5, 0.6) is 0 Å². The molecular formula is C14H20N6O. The van der Waals surface area contributed by atoms with Crippen molar-refractivity contribution in [3.8, 4) is 0 Å². The van der Waals surface area contributed by atoms with Crippen molar-refractivity contribution in [1.29, 1.82) is 0 Å². The Kier molecular flexibility index (Phi) is 6.62. The van der Waals surface area contributed by atoms with Gasteiger partial charge in [-0.05, 0) is 18.4 Å². The highest BCUT2D eigenvalue weighted by Gasteiger charge is 2.08. The Labute approximate surface area is 123 Å². The standard InChI is InChI=1S/C14H20N6O/c1-4-5-11(10-21)19-14(16-2)13(6-7-15)18-12-8-17-20(3)9-12/h4-9,21H,1,10,15H2,2-3H3,(H,16,19)/b7-6?,11-5+,18-13?. The molecular weight excluding hydrogens is 268 g/mol. The van der Waals surface area contributed by atoms with Gasteiger partial charge in [0.15, 0.2) is 5.84 Å². The Bertz CT molecular complexity index is 594. The van der Waals surface area contributed by atoms with Crippen LogP contribution in [-0.2, 0) is 7.05 Å². The first-order chi connectivity index (χ1) is 10.1. The molecule has 0 fully saturated rings. The number of amidine groups is 1. The molecule has 0 saturated carbocycles. The van der Waals surface area contributed by atoms with Crippen LogP contribution in [0.1, 0.15) is 0 Å². The molecule has 1 aromatic heterocycles. The Balaban J connectivity index is 3.10. The fourth-order valence-corrected chi connectivity index (χ4v) is 1.53. The Morgan fingerprint density at radius 2 is 2.38 bits per heavy atom. The molecule has 0 aliphatic heterocycles. The number of aliphatic hydroxyl groups is 1. The topological polar surface area (TPSA) is 101 Å². The van der Waals surface area contributed by atoms with E-state index in [2.05, 4.69) is 27.0 Å². The van der Waals surface area contributed by atoms with E-state index < -0.39 is 0 Å². The molecule has 0 atom stereocenters. The van der Waals surface area contributed by atoms with Gasteiger partial charge in [-0.2, -0.15) is 5.10 Å². The van der Waals surface area contributed by atoms with Gasteiger partial charge in [-0.25, -0.2) is 4.99 Å². The summed E-state index contributed by atoms with van der Waals surface area (Å²) in [7, 11) is 3.43. The van der Waals surface area contributed by atoms with Crippen molar-refractivity contribution in [3.63, 3.8) is 0 Å². The number of aryl methyl sites for hydroxylation is 1. The zero-order valence-electron chi connectivity index (χ0n) is 12.2. The number of allylic oxidation sites excluding steroid dienone is 2. The first-order valence-corrected chi connectivity index (χ1v) is 6.26. The van der Waals surface area contributed by atoms with Crippen LogP contribution in [0.3, 0.4) is 0 Å². The first kappa shape index (κ1) is 16.4. The second-order valence-electron chi connectivity index (χ2n) is 4.01. The van der Waals surface area contributed by atoms with Gasteiger partial charge >= 0.3 is 0 Å². The minimum Gasteiger partial charge on any atom is -0.405 e. The molecule has 0 unspecified atom stereocenters. The summed E-state index contributed by atoms with van der Waals surface area (Å²) >= 11 is 0. The quantitative estimate of drug-likeness (QED) is 0.406. The number of nitrogens with zero attached hydrogens (tertiary/aromatic N) is 4. The molecule has 7 heteroatoms. The average molecular weight is 288 g/mol. The predicted octanol–water partition coefficient (Wildman–Crippen LogP) is 0.645. The van der Waals surface area contributed by atoms with E-state index in [1.807, 2.05) is 0 Å². The summed E-state index contributed by atoms with van der Waals surface area (Å²) in [5, 5.41) is 16.3. The number of aromatic nitrogens is 2. The Morgan fingerprint density at radius 1 is 1.62 bits per heavy atom. The molecule has 0 saturated heterocycles. The zero-order valence-corrected chi connectivity index (χ0v) is 12.2. The van der Waals surface area contributed by atoms with Gasteiger partial charge in [0.25, 0.3) is 0 Å². The summed E-state index contributed by atoms with van der Waals surface area (Å²) in [4.78, 5) is 8.56. The van der Waals surface area contributed by atoms with Crippen molar-refractivity contribution in [2.75, 3.05) is 13.7 Å². The van der Waals surface area contributed by atoms with Gasteiger partial charge in [0.05, 0.1) is 19.0 Å². The molecule has 0 aromatic carbocycles. The Hall–Kier alpha value is -2.67. The monoisotopic (exact) mass is 288 g/mol. The van der Waals surface area contributed by atoms with E-state index in [1.165, 1.54) is 6.20 Å². The normalized spacial score (nSPS) is 13.8. The molecule has 0 aliphatic rings. The largest absolute Gasteiger partial charge is 0.405 e. The number of aliphatic hydroxyl groups excluding tert-OH is 1. The molecule has 112 valence electrons. The van der Waals surface area contributed by atoms with Crippen LogP contribution in [0.25, 0.3) is 0 Å².